The summed E-state index contributed by atoms with van der Waals surface area (Å²) >= 11 is 0. The van der Waals surface area contributed by atoms with Gasteiger partial charge in [0.15, 0.2) is 0 Å². The molecule has 2 aliphatic rings. The first-order valence-electron chi connectivity index (χ1n) is 11.0. The zero-order chi connectivity index (χ0) is 23.3. The zero-order valence-corrected chi connectivity index (χ0v) is 20.0. The van der Waals surface area contributed by atoms with Gasteiger partial charge in [-0.15, -0.1) is 0 Å². The lowest BCUT2D eigenvalue weighted by Gasteiger charge is -2.16. The Morgan fingerprint density at radius 1 is 0.781 bits per heavy atom. The number of para-hydroxylation sites is 1. The first-order valence-corrected chi connectivity index (χ1v) is 13.3. The molecule has 32 heavy (non-hydrogen) atoms. The van der Waals surface area contributed by atoms with E-state index >= 15 is 0 Å². The average molecular weight is 477 g/mol. The summed E-state index contributed by atoms with van der Waals surface area (Å²) in [4.78, 5) is 27.5. The largest absolute Gasteiger partial charge is 0.312 e. The Hall–Kier alpha value is -2.38. The van der Waals surface area contributed by atoms with Crippen molar-refractivity contribution < 1.29 is 18.0 Å². The van der Waals surface area contributed by atoms with Crippen molar-refractivity contribution in [2.24, 2.45) is 11.8 Å². The fraction of sp³-hybridized carbons (Fsp3) is 0.417. The molecule has 0 saturated carbocycles. The van der Waals surface area contributed by atoms with Gasteiger partial charge in [-0.25, -0.2) is 8.42 Å². The van der Waals surface area contributed by atoms with Crippen molar-refractivity contribution in [3.05, 3.63) is 54.6 Å². The van der Waals surface area contributed by atoms with Gasteiger partial charge in [0, 0.05) is 47.0 Å². The minimum absolute atomic E-state index is 0.0478. The average Bonchev–Trinajstić information content (AvgIpc) is 3.36. The molecule has 0 aliphatic carbocycles. The highest BCUT2D eigenvalue weighted by Gasteiger charge is 2.31. The topological polar surface area (TPSA) is 74.8 Å². The number of hydrogen-bond acceptors (Lipinski definition) is 4. The standard InChI is InChI=1S/C12H14ClNO3S.C12H15NO/c1-2-9-7-8-14(12(9)15)10-3-5-11(6-4-10)18(13,16)17;1-2-10-8-9-13(12(10)14)11-6-4-3-5-7-11/h3-6,9H,2,7-8H2,1H3;3-7,10H,2,8-9H2,1H3. The van der Waals surface area contributed by atoms with Crippen molar-refractivity contribution in [3.63, 3.8) is 0 Å². The van der Waals surface area contributed by atoms with Gasteiger partial charge in [-0.2, -0.15) is 0 Å². The van der Waals surface area contributed by atoms with Gasteiger partial charge < -0.3 is 9.80 Å². The molecule has 0 N–H and O–H groups in total. The van der Waals surface area contributed by atoms with Crippen LogP contribution in [0.5, 0.6) is 0 Å². The second kappa shape index (κ2) is 10.5. The molecular formula is C24H29ClN2O4S. The summed E-state index contributed by atoms with van der Waals surface area (Å²) < 4.78 is 22.2. The number of nitrogens with zero attached hydrogens (tertiary/aromatic N) is 2. The molecule has 2 aromatic rings. The molecule has 0 aromatic heterocycles. The van der Waals surface area contributed by atoms with Crippen LogP contribution in [0.1, 0.15) is 39.5 Å². The number of anilines is 2. The highest BCUT2D eigenvalue weighted by atomic mass is 35.7. The molecule has 2 aromatic carbocycles. The minimum atomic E-state index is -3.70. The third-order valence-corrected chi connectivity index (χ3v) is 7.49. The van der Waals surface area contributed by atoms with E-state index in [4.69, 9.17) is 10.7 Å². The van der Waals surface area contributed by atoms with E-state index in [1.165, 1.54) is 12.1 Å². The summed E-state index contributed by atoms with van der Waals surface area (Å²) in [6.07, 6.45) is 3.65. The summed E-state index contributed by atoms with van der Waals surface area (Å²) in [5.74, 6) is 0.731. The molecule has 2 aliphatic heterocycles. The van der Waals surface area contributed by atoms with E-state index in [9.17, 15) is 18.0 Å². The molecule has 2 heterocycles. The smallest absolute Gasteiger partial charge is 0.261 e. The van der Waals surface area contributed by atoms with E-state index in [0.29, 0.717) is 12.5 Å². The number of carbonyl (C=O) groups is 2. The fourth-order valence-corrected chi connectivity index (χ4v) is 4.91. The van der Waals surface area contributed by atoms with Crippen LogP contribution >= 0.6 is 10.7 Å². The third kappa shape index (κ3) is 5.51. The second-order valence-corrected chi connectivity index (χ2v) is 10.6. The Bertz CT molecular complexity index is 1040. The van der Waals surface area contributed by atoms with Crippen molar-refractivity contribution in [2.45, 2.75) is 44.4 Å². The van der Waals surface area contributed by atoms with Crippen LogP contribution in [-0.2, 0) is 18.6 Å². The highest BCUT2D eigenvalue weighted by molar-refractivity contribution is 8.13. The van der Waals surface area contributed by atoms with Crippen LogP contribution in [0.15, 0.2) is 59.5 Å². The van der Waals surface area contributed by atoms with Crippen LogP contribution in [0.25, 0.3) is 0 Å². The van der Waals surface area contributed by atoms with Crippen molar-refractivity contribution in [1.29, 1.82) is 0 Å². The number of halogens is 1. The maximum Gasteiger partial charge on any atom is 0.261 e. The van der Waals surface area contributed by atoms with E-state index in [-0.39, 0.29) is 22.6 Å². The molecule has 8 heteroatoms. The quantitative estimate of drug-likeness (QED) is 0.579. The van der Waals surface area contributed by atoms with Crippen molar-refractivity contribution in [2.75, 3.05) is 22.9 Å². The van der Waals surface area contributed by atoms with Crippen LogP contribution in [0.2, 0.25) is 0 Å². The predicted molar refractivity (Wildman–Crippen MR) is 127 cm³/mol. The monoisotopic (exact) mass is 476 g/mol. The molecule has 2 unspecified atom stereocenters. The minimum Gasteiger partial charge on any atom is -0.312 e. The molecule has 2 amide bonds. The van der Waals surface area contributed by atoms with Gasteiger partial charge in [-0.3, -0.25) is 9.59 Å². The van der Waals surface area contributed by atoms with E-state index < -0.39 is 9.05 Å². The number of benzene rings is 2. The maximum atomic E-state index is 12.0. The van der Waals surface area contributed by atoms with E-state index in [1.54, 1.807) is 17.0 Å². The summed E-state index contributed by atoms with van der Waals surface area (Å²) in [5.41, 5.74) is 1.76. The zero-order valence-electron chi connectivity index (χ0n) is 18.4. The van der Waals surface area contributed by atoms with Crippen LogP contribution in [-0.4, -0.2) is 33.3 Å². The summed E-state index contributed by atoms with van der Waals surface area (Å²) in [7, 11) is 1.53. The number of carbonyl (C=O) groups excluding carboxylic acids is 2. The lowest BCUT2D eigenvalue weighted by atomic mass is 10.1. The SMILES string of the molecule is CCC1CCN(c2ccc(S(=O)(=O)Cl)cc2)C1=O.CCC1CCN(c2ccccc2)C1=O. The molecular weight excluding hydrogens is 448 g/mol. The van der Waals surface area contributed by atoms with Crippen molar-refractivity contribution in [1.82, 2.24) is 0 Å². The van der Waals surface area contributed by atoms with Crippen molar-refractivity contribution >= 4 is 42.9 Å². The van der Waals surface area contributed by atoms with Crippen LogP contribution < -0.4 is 9.80 Å². The van der Waals surface area contributed by atoms with E-state index in [2.05, 4.69) is 6.92 Å². The van der Waals surface area contributed by atoms with Gasteiger partial charge in [0.1, 0.15) is 0 Å². The maximum absolute atomic E-state index is 12.0. The highest BCUT2D eigenvalue weighted by Crippen LogP contribution is 2.28. The van der Waals surface area contributed by atoms with Gasteiger partial charge in [0.25, 0.3) is 9.05 Å². The Labute approximate surface area is 194 Å². The molecule has 6 nitrogen and oxygen atoms in total. The first kappa shape index (κ1) is 24.3. The Kier molecular flexibility index (Phi) is 7.96. The molecule has 172 valence electrons. The lowest BCUT2D eigenvalue weighted by molar-refractivity contribution is -0.121. The Morgan fingerprint density at radius 3 is 1.59 bits per heavy atom. The van der Waals surface area contributed by atoms with Crippen LogP contribution in [0.3, 0.4) is 0 Å². The number of hydrogen-bond donors (Lipinski definition) is 0. The second-order valence-electron chi connectivity index (χ2n) is 8.03. The summed E-state index contributed by atoms with van der Waals surface area (Å²) in [6, 6.07) is 16.0. The molecule has 0 spiro atoms. The van der Waals surface area contributed by atoms with Crippen LogP contribution in [0.4, 0.5) is 11.4 Å². The summed E-state index contributed by atoms with van der Waals surface area (Å²) in [5, 5.41) is 0. The van der Waals surface area contributed by atoms with Gasteiger partial charge in [-0.05, 0) is 62.1 Å². The van der Waals surface area contributed by atoms with Crippen LogP contribution in [0, 0.1) is 11.8 Å². The van der Waals surface area contributed by atoms with E-state index in [1.807, 2.05) is 42.2 Å². The fourth-order valence-electron chi connectivity index (χ4n) is 4.14. The number of amides is 2. The Balaban J connectivity index is 0.000000186. The van der Waals surface area contributed by atoms with Crippen molar-refractivity contribution in [3.8, 4) is 0 Å². The molecule has 2 atom stereocenters. The molecule has 0 radical (unpaired) electrons. The third-order valence-electron chi connectivity index (χ3n) is 6.12. The van der Waals surface area contributed by atoms with Gasteiger partial charge in [-0.1, -0.05) is 32.0 Å². The van der Waals surface area contributed by atoms with E-state index in [0.717, 1.165) is 43.6 Å². The predicted octanol–water partition coefficient (Wildman–Crippen LogP) is 4.83. The molecule has 4 rings (SSSR count). The normalized spacial score (nSPS) is 21.0. The molecule has 0 bridgehead atoms. The van der Waals surface area contributed by atoms with Gasteiger partial charge >= 0.3 is 0 Å². The number of rotatable bonds is 5. The first-order chi connectivity index (χ1) is 15.3. The van der Waals surface area contributed by atoms with Gasteiger partial charge in [0.2, 0.25) is 11.8 Å². The summed E-state index contributed by atoms with van der Waals surface area (Å²) in [6.45, 7) is 5.64. The lowest BCUT2D eigenvalue weighted by Crippen LogP contribution is -2.26. The molecule has 2 fully saturated rings. The Morgan fingerprint density at radius 2 is 1.22 bits per heavy atom. The molecule has 2 saturated heterocycles. The van der Waals surface area contributed by atoms with Gasteiger partial charge in [0.05, 0.1) is 4.90 Å².